The molecule has 0 heterocycles. The Morgan fingerprint density at radius 3 is 2.17 bits per heavy atom. The van der Waals surface area contributed by atoms with Gasteiger partial charge < -0.3 is 24.8 Å². The van der Waals surface area contributed by atoms with Crippen LogP contribution in [0.3, 0.4) is 0 Å². The number of ether oxygens (including phenoxy) is 2. The molecule has 2 N–H and O–H groups in total. The number of rotatable bonds is 9. The Morgan fingerprint density at radius 1 is 1.17 bits per heavy atom. The predicted molar refractivity (Wildman–Crippen MR) is 70.0 cm³/mol. The molecule has 0 bridgehead atoms. The summed E-state index contributed by atoms with van der Waals surface area (Å²) in [6, 6.07) is 0. The van der Waals surface area contributed by atoms with E-state index in [2.05, 4.69) is 5.32 Å². The first-order chi connectivity index (χ1) is 8.39. The molecule has 0 aromatic carbocycles. The van der Waals surface area contributed by atoms with Gasteiger partial charge in [0.15, 0.2) is 0 Å². The molecule has 0 aromatic heterocycles. The second kappa shape index (κ2) is 9.13. The molecule has 0 saturated carbocycles. The minimum absolute atomic E-state index is 0.370. The molecular weight excluding hydrogens is 236 g/mol. The molecule has 0 rings (SSSR count). The maximum atomic E-state index is 11.0. The van der Waals surface area contributed by atoms with Crippen molar-refractivity contribution in [3.63, 3.8) is 0 Å². The maximum Gasteiger partial charge on any atom is 0.407 e. The van der Waals surface area contributed by atoms with Crippen LogP contribution in [0.2, 0.25) is 0 Å². The zero-order valence-electron chi connectivity index (χ0n) is 11.9. The van der Waals surface area contributed by atoms with E-state index in [1.807, 2.05) is 27.8 Å². The highest BCUT2D eigenvalue weighted by molar-refractivity contribution is 5.65. The van der Waals surface area contributed by atoms with Gasteiger partial charge in [-0.15, -0.1) is 0 Å². The van der Waals surface area contributed by atoms with Crippen LogP contribution in [0, 0.1) is 0 Å². The van der Waals surface area contributed by atoms with Crippen LogP contribution in [0.25, 0.3) is 0 Å². The maximum absolute atomic E-state index is 11.0. The van der Waals surface area contributed by atoms with E-state index >= 15 is 0 Å². The standard InChI is InChI=1S/C12H26N2O4/c1-12(2,3)14(11(15)16)6-8-18-10-9-17-7-5-13-4/h13H,5-10H2,1-4H3,(H,15,16). The summed E-state index contributed by atoms with van der Waals surface area (Å²) < 4.78 is 10.6. The van der Waals surface area contributed by atoms with E-state index < -0.39 is 11.6 Å². The van der Waals surface area contributed by atoms with Crippen LogP contribution in [-0.2, 0) is 9.47 Å². The molecule has 0 spiro atoms. The van der Waals surface area contributed by atoms with Gasteiger partial charge in [0.05, 0.1) is 26.4 Å². The minimum atomic E-state index is -0.920. The third-order valence-corrected chi connectivity index (χ3v) is 2.37. The molecule has 18 heavy (non-hydrogen) atoms. The number of hydrogen-bond acceptors (Lipinski definition) is 4. The fraction of sp³-hybridized carbons (Fsp3) is 0.917. The molecule has 0 aliphatic rings. The molecule has 6 nitrogen and oxygen atoms in total. The van der Waals surface area contributed by atoms with Crippen molar-refractivity contribution >= 4 is 6.09 Å². The van der Waals surface area contributed by atoms with E-state index in [0.29, 0.717) is 33.0 Å². The van der Waals surface area contributed by atoms with Gasteiger partial charge in [0.25, 0.3) is 0 Å². The van der Waals surface area contributed by atoms with Gasteiger partial charge >= 0.3 is 6.09 Å². The molecule has 0 saturated heterocycles. The Bertz CT molecular complexity index is 229. The Labute approximate surface area is 109 Å². The lowest BCUT2D eigenvalue weighted by molar-refractivity contribution is 0.0284. The second-order valence-electron chi connectivity index (χ2n) is 4.93. The van der Waals surface area contributed by atoms with Gasteiger partial charge in [0, 0.05) is 18.6 Å². The first-order valence-electron chi connectivity index (χ1n) is 6.20. The van der Waals surface area contributed by atoms with Crippen molar-refractivity contribution in [1.29, 1.82) is 0 Å². The summed E-state index contributed by atoms with van der Waals surface area (Å²) in [6.07, 6.45) is -0.920. The quantitative estimate of drug-likeness (QED) is 0.607. The van der Waals surface area contributed by atoms with Crippen molar-refractivity contribution in [2.75, 3.05) is 46.6 Å². The molecule has 0 unspecified atom stereocenters. The molecule has 1 amide bonds. The van der Waals surface area contributed by atoms with Gasteiger partial charge in [0.1, 0.15) is 0 Å². The Balaban J connectivity index is 3.60. The SMILES string of the molecule is CNCCOCCOCCN(C(=O)O)C(C)(C)C. The Kier molecular flexibility index (Phi) is 8.70. The van der Waals surface area contributed by atoms with Gasteiger partial charge in [-0.1, -0.05) is 0 Å². The molecule has 6 heteroatoms. The van der Waals surface area contributed by atoms with E-state index in [4.69, 9.17) is 14.6 Å². The number of carboxylic acid groups (broad SMARTS) is 1. The van der Waals surface area contributed by atoms with E-state index in [-0.39, 0.29) is 0 Å². The molecule has 0 atom stereocenters. The molecule has 108 valence electrons. The van der Waals surface area contributed by atoms with Crippen molar-refractivity contribution < 1.29 is 19.4 Å². The van der Waals surface area contributed by atoms with Crippen LogP contribution >= 0.6 is 0 Å². The Hall–Kier alpha value is -0.850. The molecular formula is C12H26N2O4. The number of amides is 1. The van der Waals surface area contributed by atoms with Crippen LogP contribution in [-0.4, -0.2) is 68.2 Å². The van der Waals surface area contributed by atoms with Gasteiger partial charge in [-0.3, -0.25) is 0 Å². The van der Waals surface area contributed by atoms with Crippen LogP contribution in [0.4, 0.5) is 4.79 Å². The van der Waals surface area contributed by atoms with Crippen molar-refractivity contribution in [3.8, 4) is 0 Å². The first-order valence-corrected chi connectivity index (χ1v) is 6.20. The van der Waals surface area contributed by atoms with Gasteiger partial charge in [-0.2, -0.15) is 0 Å². The van der Waals surface area contributed by atoms with Crippen LogP contribution in [0.5, 0.6) is 0 Å². The molecule has 0 fully saturated rings. The third-order valence-electron chi connectivity index (χ3n) is 2.37. The van der Waals surface area contributed by atoms with Crippen molar-refractivity contribution in [2.45, 2.75) is 26.3 Å². The normalized spacial score (nSPS) is 11.6. The average molecular weight is 262 g/mol. The number of hydrogen-bond donors (Lipinski definition) is 2. The highest BCUT2D eigenvalue weighted by Gasteiger charge is 2.25. The average Bonchev–Trinajstić information content (AvgIpc) is 2.24. The fourth-order valence-corrected chi connectivity index (χ4v) is 1.37. The smallest absolute Gasteiger partial charge is 0.407 e. The van der Waals surface area contributed by atoms with Crippen molar-refractivity contribution in [3.05, 3.63) is 0 Å². The zero-order valence-corrected chi connectivity index (χ0v) is 11.9. The highest BCUT2D eigenvalue weighted by atomic mass is 16.5. The lowest BCUT2D eigenvalue weighted by Gasteiger charge is -2.32. The van der Waals surface area contributed by atoms with Gasteiger partial charge in [-0.05, 0) is 27.8 Å². The summed E-state index contributed by atoms with van der Waals surface area (Å²) in [6.45, 7) is 8.84. The van der Waals surface area contributed by atoms with E-state index in [9.17, 15) is 4.79 Å². The van der Waals surface area contributed by atoms with Crippen LogP contribution in [0.1, 0.15) is 20.8 Å². The summed E-state index contributed by atoms with van der Waals surface area (Å²) in [5.41, 5.74) is -0.404. The van der Waals surface area contributed by atoms with Crippen LogP contribution < -0.4 is 5.32 Å². The largest absolute Gasteiger partial charge is 0.465 e. The first kappa shape index (κ1) is 17.2. The molecule has 0 aliphatic carbocycles. The highest BCUT2D eigenvalue weighted by Crippen LogP contribution is 2.12. The topological polar surface area (TPSA) is 71.0 Å². The van der Waals surface area contributed by atoms with Gasteiger partial charge in [0.2, 0.25) is 0 Å². The molecule has 0 aliphatic heterocycles. The monoisotopic (exact) mass is 262 g/mol. The lowest BCUT2D eigenvalue weighted by Crippen LogP contribution is -2.46. The molecule has 0 aromatic rings. The van der Waals surface area contributed by atoms with Crippen molar-refractivity contribution in [2.24, 2.45) is 0 Å². The fourth-order valence-electron chi connectivity index (χ4n) is 1.37. The minimum Gasteiger partial charge on any atom is -0.465 e. The third kappa shape index (κ3) is 8.27. The van der Waals surface area contributed by atoms with Crippen molar-refractivity contribution in [1.82, 2.24) is 10.2 Å². The lowest BCUT2D eigenvalue weighted by atomic mass is 10.1. The zero-order chi connectivity index (χ0) is 14.0. The number of nitrogens with zero attached hydrogens (tertiary/aromatic N) is 1. The predicted octanol–water partition coefficient (Wildman–Crippen LogP) is 1.02. The van der Waals surface area contributed by atoms with E-state index in [1.165, 1.54) is 4.90 Å². The summed E-state index contributed by atoms with van der Waals surface area (Å²) in [5.74, 6) is 0. The summed E-state index contributed by atoms with van der Waals surface area (Å²) >= 11 is 0. The second-order valence-corrected chi connectivity index (χ2v) is 4.93. The summed E-state index contributed by atoms with van der Waals surface area (Å²) in [4.78, 5) is 12.4. The number of nitrogens with one attached hydrogen (secondary N) is 1. The van der Waals surface area contributed by atoms with Gasteiger partial charge in [-0.25, -0.2) is 4.79 Å². The Morgan fingerprint density at radius 2 is 1.72 bits per heavy atom. The van der Waals surface area contributed by atoms with E-state index in [1.54, 1.807) is 0 Å². The van der Waals surface area contributed by atoms with E-state index in [0.717, 1.165) is 6.54 Å². The number of carbonyl (C=O) groups is 1. The summed E-state index contributed by atoms with van der Waals surface area (Å²) in [7, 11) is 1.87. The molecule has 0 radical (unpaired) electrons. The van der Waals surface area contributed by atoms with Crippen LogP contribution in [0.15, 0.2) is 0 Å². The number of likely N-dealkylation sites (N-methyl/N-ethyl adjacent to an activating group) is 1. The summed E-state index contributed by atoms with van der Waals surface area (Å²) in [5, 5.41) is 12.0.